The van der Waals surface area contributed by atoms with Crippen LogP contribution < -0.4 is 0 Å². The van der Waals surface area contributed by atoms with Gasteiger partial charge >= 0.3 is 0 Å². The molecule has 0 saturated heterocycles. The van der Waals surface area contributed by atoms with Crippen molar-refractivity contribution < 1.29 is 4.79 Å². The minimum absolute atomic E-state index is 0.0948. The first kappa shape index (κ1) is 8.70. The summed E-state index contributed by atoms with van der Waals surface area (Å²) in [6.45, 7) is 4.51. The van der Waals surface area contributed by atoms with E-state index in [0.717, 1.165) is 18.8 Å². The molecule has 4 atom stereocenters. The average Bonchev–Trinajstić information content (AvgIpc) is 2.69. The van der Waals surface area contributed by atoms with Gasteiger partial charge in [-0.1, -0.05) is 19.1 Å². The quantitative estimate of drug-likeness (QED) is 0.537. The number of Topliss-reactive ketones (excluding diaryl/α,β-unsaturated/α-hetero) is 1. The van der Waals surface area contributed by atoms with Crippen molar-refractivity contribution in [1.82, 2.24) is 0 Å². The summed E-state index contributed by atoms with van der Waals surface area (Å²) in [5.41, 5.74) is 0.242. The third-order valence-electron chi connectivity index (χ3n) is 5.39. The maximum absolute atomic E-state index is 12.1. The lowest BCUT2D eigenvalue weighted by atomic mass is 9.65. The van der Waals surface area contributed by atoms with Crippen molar-refractivity contribution in [2.75, 3.05) is 0 Å². The van der Waals surface area contributed by atoms with Crippen molar-refractivity contribution in [3.05, 3.63) is 12.2 Å². The van der Waals surface area contributed by atoms with Crippen LogP contribution in [0.25, 0.3) is 0 Å². The molecule has 1 nitrogen and oxygen atoms in total. The van der Waals surface area contributed by atoms with Crippen molar-refractivity contribution >= 4 is 5.78 Å². The molecule has 0 aromatic heterocycles. The Morgan fingerprint density at radius 3 is 3.07 bits per heavy atom. The molecule has 3 aliphatic rings. The van der Waals surface area contributed by atoms with Crippen molar-refractivity contribution in [2.45, 2.75) is 39.5 Å². The minimum atomic E-state index is -0.0948. The SMILES string of the molecule is C[C@@H]1CC[C@@]23CC=C[C@]2(C)C(=O)C[C@@H]13. The van der Waals surface area contributed by atoms with E-state index in [1.54, 1.807) is 0 Å². The Bertz CT molecular complexity index is 330. The van der Waals surface area contributed by atoms with E-state index < -0.39 is 0 Å². The largest absolute Gasteiger partial charge is 0.299 e. The Kier molecular flexibility index (Phi) is 1.44. The number of hydrogen-bond acceptors (Lipinski definition) is 1. The highest BCUT2D eigenvalue weighted by molar-refractivity contribution is 5.91. The molecule has 0 aromatic rings. The van der Waals surface area contributed by atoms with Crippen molar-refractivity contribution in [3.63, 3.8) is 0 Å². The van der Waals surface area contributed by atoms with Crippen LogP contribution in [0.5, 0.6) is 0 Å². The molecule has 3 aliphatic carbocycles. The highest BCUT2D eigenvalue weighted by Crippen LogP contribution is 2.68. The molecule has 14 heavy (non-hydrogen) atoms. The summed E-state index contributed by atoms with van der Waals surface area (Å²) in [5, 5.41) is 0. The van der Waals surface area contributed by atoms with E-state index in [1.165, 1.54) is 12.8 Å². The topological polar surface area (TPSA) is 17.1 Å². The summed E-state index contributed by atoms with van der Waals surface area (Å²) in [4.78, 5) is 12.1. The number of carbonyl (C=O) groups excluding carboxylic acids is 1. The van der Waals surface area contributed by atoms with Gasteiger partial charge in [0.25, 0.3) is 0 Å². The van der Waals surface area contributed by atoms with Crippen LogP contribution in [0.15, 0.2) is 12.2 Å². The van der Waals surface area contributed by atoms with Gasteiger partial charge in [-0.2, -0.15) is 0 Å². The van der Waals surface area contributed by atoms with Crippen LogP contribution in [-0.4, -0.2) is 5.78 Å². The van der Waals surface area contributed by atoms with E-state index in [4.69, 9.17) is 0 Å². The Balaban J connectivity index is 2.13. The molecule has 2 saturated carbocycles. The maximum Gasteiger partial charge on any atom is 0.143 e. The smallest absolute Gasteiger partial charge is 0.143 e. The predicted octanol–water partition coefficient (Wildman–Crippen LogP) is 2.96. The summed E-state index contributed by atoms with van der Waals surface area (Å²) in [6.07, 6.45) is 9.06. The predicted molar refractivity (Wildman–Crippen MR) is 55.8 cm³/mol. The highest BCUT2D eigenvalue weighted by Gasteiger charge is 2.65. The number of hydrogen-bond donors (Lipinski definition) is 0. The molecule has 0 amide bonds. The molecule has 0 aromatic carbocycles. The van der Waals surface area contributed by atoms with Gasteiger partial charge in [0.2, 0.25) is 0 Å². The Morgan fingerprint density at radius 1 is 1.50 bits per heavy atom. The molecule has 3 rings (SSSR count). The first-order valence-electron chi connectivity index (χ1n) is 5.81. The van der Waals surface area contributed by atoms with Gasteiger partial charge in [0.1, 0.15) is 5.78 Å². The zero-order valence-electron chi connectivity index (χ0n) is 9.05. The van der Waals surface area contributed by atoms with Gasteiger partial charge in [-0.3, -0.25) is 4.79 Å². The number of allylic oxidation sites excluding steroid dienone is 2. The fraction of sp³-hybridized carbons (Fsp3) is 0.769. The number of carbonyl (C=O) groups is 1. The average molecular weight is 190 g/mol. The lowest BCUT2D eigenvalue weighted by molar-refractivity contribution is -0.125. The van der Waals surface area contributed by atoms with Crippen LogP contribution in [0.3, 0.4) is 0 Å². The van der Waals surface area contributed by atoms with E-state index in [9.17, 15) is 4.79 Å². The second kappa shape index (κ2) is 2.32. The molecule has 0 heterocycles. The van der Waals surface area contributed by atoms with Crippen LogP contribution in [0.4, 0.5) is 0 Å². The molecule has 0 bridgehead atoms. The van der Waals surface area contributed by atoms with Crippen molar-refractivity contribution in [3.8, 4) is 0 Å². The van der Waals surface area contributed by atoms with E-state index in [2.05, 4.69) is 26.0 Å². The van der Waals surface area contributed by atoms with Crippen molar-refractivity contribution in [1.29, 1.82) is 0 Å². The molecular weight excluding hydrogens is 172 g/mol. The molecule has 76 valence electrons. The Hall–Kier alpha value is -0.590. The van der Waals surface area contributed by atoms with Gasteiger partial charge in [0, 0.05) is 6.42 Å². The summed E-state index contributed by atoms with van der Waals surface area (Å²) in [7, 11) is 0. The zero-order valence-corrected chi connectivity index (χ0v) is 9.05. The van der Waals surface area contributed by atoms with Crippen LogP contribution in [0.2, 0.25) is 0 Å². The lowest BCUT2D eigenvalue weighted by Crippen LogP contribution is -2.35. The van der Waals surface area contributed by atoms with Gasteiger partial charge in [0.05, 0.1) is 5.41 Å². The van der Waals surface area contributed by atoms with Crippen LogP contribution in [-0.2, 0) is 4.79 Å². The van der Waals surface area contributed by atoms with E-state index in [-0.39, 0.29) is 5.41 Å². The summed E-state index contributed by atoms with van der Waals surface area (Å²) < 4.78 is 0. The molecule has 1 spiro atoms. The fourth-order valence-electron chi connectivity index (χ4n) is 4.38. The second-order valence-corrected chi connectivity index (χ2v) is 5.71. The molecule has 0 radical (unpaired) electrons. The number of ketones is 1. The number of rotatable bonds is 0. The third-order valence-corrected chi connectivity index (χ3v) is 5.39. The second-order valence-electron chi connectivity index (χ2n) is 5.71. The summed E-state index contributed by atoms with van der Waals surface area (Å²) >= 11 is 0. The molecule has 1 heteroatoms. The van der Waals surface area contributed by atoms with Crippen LogP contribution in [0.1, 0.15) is 39.5 Å². The monoisotopic (exact) mass is 190 g/mol. The van der Waals surface area contributed by atoms with E-state index >= 15 is 0 Å². The Morgan fingerprint density at radius 2 is 2.29 bits per heavy atom. The fourth-order valence-corrected chi connectivity index (χ4v) is 4.38. The summed E-state index contributed by atoms with van der Waals surface area (Å²) in [5.74, 6) is 1.94. The van der Waals surface area contributed by atoms with Crippen LogP contribution >= 0.6 is 0 Å². The maximum atomic E-state index is 12.1. The molecule has 0 N–H and O–H groups in total. The third kappa shape index (κ3) is 0.687. The Labute approximate surface area is 85.6 Å². The highest BCUT2D eigenvalue weighted by atomic mass is 16.1. The lowest BCUT2D eigenvalue weighted by Gasteiger charge is -2.36. The van der Waals surface area contributed by atoms with Crippen molar-refractivity contribution in [2.24, 2.45) is 22.7 Å². The van der Waals surface area contributed by atoms with Gasteiger partial charge in [-0.25, -0.2) is 0 Å². The standard InChI is InChI=1S/C13H18O/c1-9-4-7-13-6-3-5-12(13,2)11(14)8-10(9)13/h3,5,9-10H,4,6-8H2,1-2H3/t9-,10+,12-,13-/m1/s1. The van der Waals surface area contributed by atoms with E-state index in [1.807, 2.05) is 0 Å². The molecule has 0 aliphatic heterocycles. The molecule has 0 unspecified atom stereocenters. The van der Waals surface area contributed by atoms with E-state index in [0.29, 0.717) is 17.1 Å². The van der Waals surface area contributed by atoms with Gasteiger partial charge in [-0.05, 0) is 43.4 Å². The minimum Gasteiger partial charge on any atom is -0.299 e. The van der Waals surface area contributed by atoms with Gasteiger partial charge in [0.15, 0.2) is 0 Å². The van der Waals surface area contributed by atoms with Gasteiger partial charge < -0.3 is 0 Å². The zero-order chi connectivity index (χ0) is 9.97. The van der Waals surface area contributed by atoms with Crippen LogP contribution in [0, 0.1) is 22.7 Å². The summed E-state index contributed by atoms with van der Waals surface area (Å²) in [6, 6.07) is 0. The normalized spacial score (nSPS) is 55.1. The molecular formula is C13H18O. The van der Waals surface area contributed by atoms with Gasteiger partial charge in [-0.15, -0.1) is 0 Å². The first-order valence-corrected chi connectivity index (χ1v) is 5.81. The molecule has 2 fully saturated rings. The first-order chi connectivity index (χ1) is 6.60.